The van der Waals surface area contributed by atoms with Crippen molar-refractivity contribution in [3.8, 4) is 0 Å². The zero-order valence-electron chi connectivity index (χ0n) is 15.8. The Hall–Kier alpha value is -2.47. The number of carbonyl (C=O) groups is 1. The largest absolute Gasteiger partial charge is 0.369 e. The van der Waals surface area contributed by atoms with Crippen LogP contribution in [0.15, 0.2) is 36.5 Å². The van der Waals surface area contributed by atoms with E-state index in [0.29, 0.717) is 0 Å². The van der Waals surface area contributed by atoms with Gasteiger partial charge in [0, 0.05) is 25.5 Å². The molecular weight excluding hydrogens is 328 g/mol. The van der Waals surface area contributed by atoms with Crippen LogP contribution >= 0.6 is 0 Å². The molecule has 2 aromatic rings. The summed E-state index contributed by atoms with van der Waals surface area (Å²) < 4.78 is 5.39. The Morgan fingerprint density at radius 1 is 1.31 bits per heavy atom. The van der Waals surface area contributed by atoms with Crippen molar-refractivity contribution in [3.05, 3.63) is 47.8 Å². The Labute approximate surface area is 154 Å². The summed E-state index contributed by atoms with van der Waals surface area (Å²) in [6, 6.07) is 9.84. The molecule has 26 heavy (non-hydrogen) atoms. The number of aryl methyl sites for hydroxylation is 1. The second-order valence-corrected chi connectivity index (χ2v) is 7.13. The van der Waals surface area contributed by atoms with Crippen LogP contribution in [0.25, 0.3) is 0 Å². The number of carbonyl (C=O) groups excluding carboxylic acids is 1. The summed E-state index contributed by atoms with van der Waals surface area (Å²) in [5.74, 6) is 1.51. The number of hydrogen-bond acceptors (Lipinski definition) is 5. The highest BCUT2D eigenvalue weighted by atomic mass is 16.5. The molecule has 1 fully saturated rings. The molecule has 1 atom stereocenters. The minimum Gasteiger partial charge on any atom is -0.369 e. The van der Waals surface area contributed by atoms with Gasteiger partial charge in [-0.15, -0.1) is 0 Å². The molecule has 1 aliphatic rings. The molecule has 2 aromatic heterocycles. The lowest BCUT2D eigenvalue weighted by atomic mass is 10.0. The van der Waals surface area contributed by atoms with E-state index in [1.165, 1.54) is 0 Å². The van der Waals surface area contributed by atoms with Crippen LogP contribution < -0.4 is 5.32 Å². The molecular formula is C20H26N4O2. The second-order valence-electron chi connectivity index (χ2n) is 7.13. The standard InChI is InChI=1S/C20H26N4O2/c1-14-7-5-9-17(22-14)23-18-13-15(10-11-21-18)16-8-6-12-24(16)19(25)20(2,3)26-4/h5,7,9-11,13,16H,6,8,12H2,1-4H3,(H,21,22,23). The van der Waals surface area contributed by atoms with Crippen molar-refractivity contribution < 1.29 is 9.53 Å². The molecule has 1 aliphatic heterocycles. The second kappa shape index (κ2) is 7.41. The van der Waals surface area contributed by atoms with E-state index in [2.05, 4.69) is 15.3 Å². The molecule has 0 aromatic carbocycles. The molecule has 1 saturated heterocycles. The van der Waals surface area contributed by atoms with Crippen molar-refractivity contribution in [3.63, 3.8) is 0 Å². The monoisotopic (exact) mass is 354 g/mol. The van der Waals surface area contributed by atoms with E-state index in [9.17, 15) is 4.79 Å². The van der Waals surface area contributed by atoms with Crippen molar-refractivity contribution >= 4 is 17.5 Å². The van der Waals surface area contributed by atoms with Crippen LogP contribution in [0.4, 0.5) is 11.6 Å². The molecule has 1 N–H and O–H groups in total. The van der Waals surface area contributed by atoms with Gasteiger partial charge in [-0.25, -0.2) is 9.97 Å². The van der Waals surface area contributed by atoms with Crippen molar-refractivity contribution in [1.29, 1.82) is 0 Å². The van der Waals surface area contributed by atoms with Gasteiger partial charge >= 0.3 is 0 Å². The van der Waals surface area contributed by atoms with Gasteiger partial charge in [-0.1, -0.05) is 6.07 Å². The molecule has 0 saturated carbocycles. The number of nitrogens with zero attached hydrogens (tertiary/aromatic N) is 3. The molecule has 1 amide bonds. The van der Waals surface area contributed by atoms with Gasteiger partial charge in [0.1, 0.15) is 17.2 Å². The number of likely N-dealkylation sites (tertiary alicyclic amines) is 1. The molecule has 0 aliphatic carbocycles. The van der Waals surface area contributed by atoms with Gasteiger partial charge in [-0.3, -0.25) is 4.79 Å². The number of hydrogen-bond donors (Lipinski definition) is 1. The van der Waals surface area contributed by atoms with Gasteiger partial charge in [0.15, 0.2) is 0 Å². The van der Waals surface area contributed by atoms with Gasteiger partial charge < -0.3 is 15.0 Å². The van der Waals surface area contributed by atoms with Crippen LogP contribution in [0.3, 0.4) is 0 Å². The van der Waals surface area contributed by atoms with Crippen LogP contribution in [0, 0.1) is 6.92 Å². The Morgan fingerprint density at radius 2 is 2.12 bits per heavy atom. The number of ether oxygens (including phenoxy) is 1. The summed E-state index contributed by atoms with van der Waals surface area (Å²) in [6.45, 7) is 6.33. The first-order chi connectivity index (χ1) is 12.4. The average molecular weight is 354 g/mol. The summed E-state index contributed by atoms with van der Waals surface area (Å²) in [6.07, 6.45) is 3.70. The molecule has 3 heterocycles. The van der Waals surface area contributed by atoms with E-state index >= 15 is 0 Å². The van der Waals surface area contributed by atoms with Crippen molar-refractivity contribution in [2.75, 3.05) is 19.0 Å². The first-order valence-corrected chi connectivity index (χ1v) is 8.93. The van der Waals surface area contributed by atoms with Gasteiger partial charge in [-0.05, 0) is 63.4 Å². The van der Waals surface area contributed by atoms with E-state index in [1.807, 2.05) is 56.0 Å². The minimum atomic E-state index is -0.817. The van der Waals surface area contributed by atoms with E-state index < -0.39 is 5.60 Å². The molecule has 138 valence electrons. The number of amides is 1. The molecule has 3 rings (SSSR count). The van der Waals surface area contributed by atoms with Crippen LogP contribution in [-0.4, -0.2) is 40.0 Å². The molecule has 0 radical (unpaired) electrons. The summed E-state index contributed by atoms with van der Waals surface area (Å²) in [5, 5.41) is 3.24. The fourth-order valence-corrected chi connectivity index (χ4v) is 3.26. The molecule has 1 unspecified atom stereocenters. The number of methoxy groups -OCH3 is 1. The summed E-state index contributed by atoms with van der Waals surface area (Å²) in [4.78, 5) is 23.6. The normalized spacial score (nSPS) is 17.4. The summed E-state index contributed by atoms with van der Waals surface area (Å²) in [7, 11) is 1.58. The maximum Gasteiger partial charge on any atom is 0.254 e. The van der Waals surface area contributed by atoms with E-state index in [-0.39, 0.29) is 11.9 Å². The molecule has 0 spiro atoms. The highest BCUT2D eigenvalue weighted by Gasteiger charge is 2.38. The van der Waals surface area contributed by atoms with Gasteiger partial charge in [0.2, 0.25) is 0 Å². The van der Waals surface area contributed by atoms with Crippen molar-refractivity contribution in [1.82, 2.24) is 14.9 Å². The van der Waals surface area contributed by atoms with Crippen molar-refractivity contribution in [2.24, 2.45) is 0 Å². The third-order valence-corrected chi connectivity index (χ3v) is 4.85. The lowest BCUT2D eigenvalue weighted by Gasteiger charge is -2.32. The molecule has 0 bridgehead atoms. The minimum absolute atomic E-state index is 0.0224. The fourth-order valence-electron chi connectivity index (χ4n) is 3.26. The lowest BCUT2D eigenvalue weighted by molar-refractivity contribution is -0.152. The predicted octanol–water partition coefficient (Wildman–Crippen LogP) is 3.62. The number of pyridine rings is 2. The Kier molecular flexibility index (Phi) is 5.23. The third-order valence-electron chi connectivity index (χ3n) is 4.85. The van der Waals surface area contributed by atoms with Crippen LogP contribution in [-0.2, 0) is 9.53 Å². The highest BCUT2D eigenvalue weighted by molar-refractivity contribution is 5.85. The smallest absolute Gasteiger partial charge is 0.254 e. The fraction of sp³-hybridized carbons (Fsp3) is 0.450. The predicted molar refractivity (Wildman–Crippen MR) is 101 cm³/mol. The Morgan fingerprint density at radius 3 is 2.85 bits per heavy atom. The quantitative estimate of drug-likeness (QED) is 0.888. The molecule has 6 nitrogen and oxygen atoms in total. The number of nitrogens with one attached hydrogen (secondary N) is 1. The van der Waals surface area contributed by atoms with E-state index in [0.717, 1.165) is 42.3 Å². The van der Waals surface area contributed by atoms with Crippen molar-refractivity contribution in [2.45, 2.75) is 45.3 Å². The zero-order valence-corrected chi connectivity index (χ0v) is 15.8. The van der Waals surface area contributed by atoms with Crippen LogP contribution in [0.5, 0.6) is 0 Å². The first-order valence-electron chi connectivity index (χ1n) is 8.93. The Bertz CT molecular complexity index is 791. The maximum absolute atomic E-state index is 12.9. The van der Waals surface area contributed by atoms with E-state index in [1.54, 1.807) is 13.3 Å². The third kappa shape index (κ3) is 3.85. The topological polar surface area (TPSA) is 67.3 Å². The van der Waals surface area contributed by atoms with Gasteiger partial charge in [-0.2, -0.15) is 0 Å². The molecule has 6 heteroatoms. The SMILES string of the molecule is COC(C)(C)C(=O)N1CCCC1c1ccnc(Nc2cccc(C)n2)c1. The summed E-state index contributed by atoms with van der Waals surface area (Å²) in [5.41, 5.74) is 1.20. The number of anilines is 2. The first kappa shape index (κ1) is 18.3. The maximum atomic E-state index is 12.9. The number of aromatic nitrogens is 2. The van der Waals surface area contributed by atoms with Gasteiger partial charge in [0.25, 0.3) is 5.91 Å². The lowest BCUT2D eigenvalue weighted by Crippen LogP contribution is -2.46. The summed E-state index contributed by atoms with van der Waals surface area (Å²) >= 11 is 0. The zero-order chi connectivity index (χ0) is 18.7. The average Bonchev–Trinajstić information content (AvgIpc) is 3.11. The van der Waals surface area contributed by atoms with Crippen LogP contribution in [0.1, 0.15) is 44.0 Å². The highest BCUT2D eigenvalue weighted by Crippen LogP contribution is 2.35. The van der Waals surface area contributed by atoms with E-state index in [4.69, 9.17) is 4.74 Å². The van der Waals surface area contributed by atoms with Crippen LogP contribution in [0.2, 0.25) is 0 Å². The van der Waals surface area contributed by atoms with Gasteiger partial charge in [0.05, 0.1) is 6.04 Å². The number of rotatable bonds is 5. The Balaban J connectivity index is 1.81.